The Kier molecular flexibility index (Phi) is 6.04. The van der Waals surface area contributed by atoms with Gasteiger partial charge in [-0.3, -0.25) is 4.79 Å². The number of hydrogen-bond donors (Lipinski definition) is 2. The minimum atomic E-state index is -0.455. The molecule has 1 aromatic rings. The van der Waals surface area contributed by atoms with E-state index in [-0.39, 0.29) is 16.9 Å². The van der Waals surface area contributed by atoms with E-state index >= 15 is 0 Å². The van der Waals surface area contributed by atoms with Gasteiger partial charge in [0.25, 0.3) is 0 Å². The van der Waals surface area contributed by atoms with Gasteiger partial charge < -0.3 is 11.1 Å². The Morgan fingerprint density at radius 3 is 2.58 bits per heavy atom. The molecule has 1 amide bonds. The highest BCUT2D eigenvalue weighted by Gasteiger charge is 2.22. The molecule has 0 aromatic heterocycles. The summed E-state index contributed by atoms with van der Waals surface area (Å²) in [5.74, 6) is -0.642. The summed E-state index contributed by atoms with van der Waals surface area (Å²) in [4.78, 5) is 12.2. The Labute approximate surface area is 128 Å². The summed E-state index contributed by atoms with van der Waals surface area (Å²) in [6.45, 7) is 3.71. The molecule has 0 fully saturated rings. The first-order chi connectivity index (χ1) is 8.86. The predicted molar refractivity (Wildman–Crippen MR) is 83.6 cm³/mol. The molecule has 3 nitrogen and oxygen atoms in total. The molecule has 0 saturated heterocycles. The number of rotatable bonds is 5. The molecule has 1 aromatic carbocycles. The third-order valence-corrected chi connectivity index (χ3v) is 3.70. The van der Waals surface area contributed by atoms with Gasteiger partial charge in [-0.2, -0.15) is 0 Å². The maximum absolute atomic E-state index is 12.0. The Morgan fingerprint density at radius 2 is 2.11 bits per heavy atom. The minimum absolute atomic E-state index is 0.187. The molecule has 0 aliphatic heterocycles. The summed E-state index contributed by atoms with van der Waals surface area (Å²) >= 11 is 16.8. The zero-order valence-corrected chi connectivity index (χ0v) is 13.1. The molecule has 2 unspecified atom stereocenters. The summed E-state index contributed by atoms with van der Waals surface area (Å²) in [6.07, 6.45) is 0.572. The molecule has 0 bridgehead atoms. The Morgan fingerprint density at radius 1 is 1.47 bits per heavy atom. The molecular weight excluding hydrogens is 303 g/mol. The first kappa shape index (κ1) is 16.2. The molecule has 1 rings (SSSR count). The second-order valence-electron chi connectivity index (χ2n) is 4.26. The van der Waals surface area contributed by atoms with Gasteiger partial charge in [0.05, 0.1) is 16.9 Å². The van der Waals surface area contributed by atoms with Crippen molar-refractivity contribution in [3.63, 3.8) is 0 Å². The molecular formula is C13H16Cl2N2OS. The Balaban J connectivity index is 2.81. The monoisotopic (exact) mass is 318 g/mol. The van der Waals surface area contributed by atoms with Crippen LogP contribution in [0.15, 0.2) is 18.2 Å². The van der Waals surface area contributed by atoms with Gasteiger partial charge in [0, 0.05) is 10.0 Å². The van der Waals surface area contributed by atoms with Gasteiger partial charge in [-0.25, -0.2) is 0 Å². The van der Waals surface area contributed by atoms with E-state index in [0.717, 1.165) is 5.56 Å². The molecule has 0 aliphatic rings. The van der Waals surface area contributed by atoms with Gasteiger partial charge in [0.15, 0.2) is 0 Å². The molecule has 0 radical (unpaired) electrons. The van der Waals surface area contributed by atoms with E-state index in [0.29, 0.717) is 16.5 Å². The number of amides is 1. The molecule has 104 valence electrons. The highest BCUT2D eigenvalue weighted by molar-refractivity contribution is 7.80. The van der Waals surface area contributed by atoms with Crippen LogP contribution in [0, 0.1) is 5.92 Å². The van der Waals surface area contributed by atoms with E-state index in [1.54, 1.807) is 18.2 Å². The normalized spacial score (nSPS) is 13.7. The number of hydrogen-bond acceptors (Lipinski definition) is 2. The van der Waals surface area contributed by atoms with Crippen LogP contribution < -0.4 is 11.1 Å². The van der Waals surface area contributed by atoms with Crippen LogP contribution >= 0.6 is 35.4 Å². The minimum Gasteiger partial charge on any atom is -0.393 e. The highest BCUT2D eigenvalue weighted by atomic mass is 35.5. The van der Waals surface area contributed by atoms with Crippen LogP contribution in [-0.4, -0.2) is 10.9 Å². The second-order valence-corrected chi connectivity index (χ2v) is 5.57. The van der Waals surface area contributed by atoms with Crippen LogP contribution in [0.1, 0.15) is 31.9 Å². The molecule has 6 heteroatoms. The predicted octanol–water partition coefficient (Wildman–Crippen LogP) is 3.48. The van der Waals surface area contributed by atoms with Crippen molar-refractivity contribution in [3.05, 3.63) is 33.8 Å². The van der Waals surface area contributed by atoms with Crippen molar-refractivity contribution >= 4 is 46.3 Å². The molecule has 0 spiro atoms. The van der Waals surface area contributed by atoms with E-state index < -0.39 is 5.92 Å². The van der Waals surface area contributed by atoms with Gasteiger partial charge in [-0.15, -0.1) is 0 Å². The quantitative estimate of drug-likeness (QED) is 0.817. The number of halogens is 2. The highest BCUT2D eigenvalue weighted by Crippen LogP contribution is 2.26. The van der Waals surface area contributed by atoms with Crippen LogP contribution in [0.5, 0.6) is 0 Å². The summed E-state index contributed by atoms with van der Waals surface area (Å²) in [6, 6.07) is 4.93. The van der Waals surface area contributed by atoms with Crippen LogP contribution in [-0.2, 0) is 4.79 Å². The maximum atomic E-state index is 12.0. The number of carbonyl (C=O) groups is 1. The summed E-state index contributed by atoms with van der Waals surface area (Å²) in [5, 5.41) is 3.93. The fourth-order valence-electron chi connectivity index (χ4n) is 1.76. The lowest BCUT2D eigenvalue weighted by molar-refractivity contribution is -0.123. The van der Waals surface area contributed by atoms with Crippen LogP contribution in [0.25, 0.3) is 0 Å². The number of carbonyl (C=O) groups excluding carboxylic acids is 1. The first-order valence-electron chi connectivity index (χ1n) is 5.91. The van der Waals surface area contributed by atoms with Gasteiger partial charge in [0.1, 0.15) is 0 Å². The van der Waals surface area contributed by atoms with Crippen molar-refractivity contribution in [1.82, 2.24) is 5.32 Å². The van der Waals surface area contributed by atoms with Crippen LogP contribution in [0.4, 0.5) is 0 Å². The first-order valence-corrected chi connectivity index (χ1v) is 7.07. The zero-order valence-electron chi connectivity index (χ0n) is 10.7. The fourth-order valence-corrected chi connectivity index (χ4v) is 2.61. The number of benzene rings is 1. The van der Waals surface area contributed by atoms with Crippen molar-refractivity contribution < 1.29 is 4.79 Å². The Bertz CT molecular complexity index is 494. The molecule has 0 aliphatic carbocycles. The third-order valence-electron chi connectivity index (χ3n) is 2.86. The zero-order chi connectivity index (χ0) is 14.6. The van der Waals surface area contributed by atoms with E-state index in [1.807, 2.05) is 13.8 Å². The lowest BCUT2D eigenvalue weighted by atomic mass is 10.0. The van der Waals surface area contributed by atoms with Gasteiger partial charge in [-0.05, 0) is 31.0 Å². The number of nitrogens with one attached hydrogen (secondary N) is 1. The average Bonchev–Trinajstić information content (AvgIpc) is 2.28. The molecule has 0 saturated carbocycles. The number of nitrogens with two attached hydrogens (primary N) is 1. The molecule has 19 heavy (non-hydrogen) atoms. The smallest absolute Gasteiger partial charge is 0.230 e. The fraction of sp³-hybridized carbons (Fsp3) is 0.385. The van der Waals surface area contributed by atoms with E-state index in [2.05, 4.69) is 5.32 Å². The largest absolute Gasteiger partial charge is 0.393 e. The van der Waals surface area contributed by atoms with Crippen molar-refractivity contribution in [2.45, 2.75) is 26.3 Å². The van der Waals surface area contributed by atoms with E-state index in [9.17, 15) is 4.79 Å². The maximum Gasteiger partial charge on any atom is 0.230 e. The van der Waals surface area contributed by atoms with Crippen molar-refractivity contribution in [2.75, 3.05) is 0 Å². The lowest BCUT2D eigenvalue weighted by Crippen LogP contribution is -2.38. The van der Waals surface area contributed by atoms with E-state index in [4.69, 9.17) is 41.2 Å². The molecule has 2 atom stereocenters. The molecule has 0 heterocycles. The summed E-state index contributed by atoms with van der Waals surface area (Å²) < 4.78 is 0. The van der Waals surface area contributed by atoms with Crippen molar-refractivity contribution in [1.29, 1.82) is 0 Å². The lowest BCUT2D eigenvalue weighted by Gasteiger charge is -2.19. The van der Waals surface area contributed by atoms with Crippen molar-refractivity contribution in [2.24, 2.45) is 11.7 Å². The third kappa shape index (κ3) is 4.34. The summed E-state index contributed by atoms with van der Waals surface area (Å²) in [5.41, 5.74) is 6.34. The SMILES string of the molecule is CCC(C(=O)NC(C)c1ccc(Cl)cc1Cl)C(N)=S. The van der Waals surface area contributed by atoms with E-state index in [1.165, 1.54) is 0 Å². The van der Waals surface area contributed by atoms with Gasteiger partial charge in [0.2, 0.25) is 5.91 Å². The molecule has 3 N–H and O–H groups in total. The number of thiocarbonyl (C=S) groups is 1. The van der Waals surface area contributed by atoms with Crippen LogP contribution in [0.2, 0.25) is 10.0 Å². The van der Waals surface area contributed by atoms with Gasteiger partial charge >= 0.3 is 0 Å². The summed E-state index contributed by atoms with van der Waals surface area (Å²) in [7, 11) is 0. The van der Waals surface area contributed by atoms with Gasteiger partial charge in [-0.1, -0.05) is 48.4 Å². The second kappa shape index (κ2) is 7.08. The van der Waals surface area contributed by atoms with Crippen LogP contribution in [0.3, 0.4) is 0 Å². The topological polar surface area (TPSA) is 55.1 Å². The standard InChI is InChI=1S/C13H16Cl2N2OS/c1-3-9(12(16)19)13(18)17-7(2)10-5-4-8(14)6-11(10)15/h4-7,9H,3H2,1-2H3,(H2,16,19)(H,17,18). The van der Waals surface area contributed by atoms with Crippen molar-refractivity contribution in [3.8, 4) is 0 Å². The average molecular weight is 319 g/mol. The Hall–Kier alpha value is -0.840.